The van der Waals surface area contributed by atoms with E-state index in [0.29, 0.717) is 72.7 Å². The molecule has 2 amide bonds. The second kappa shape index (κ2) is 16.2. The maximum atomic E-state index is 14.6. The summed E-state index contributed by atoms with van der Waals surface area (Å²) in [6.07, 6.45) is 5.79. The summed E-state index contributed by atoms with van der Waals surface area (Å²) >= 11 is 6.52. The molecule has 302 valence electrons. The number of fused-ring (bicyclic) bond motifs is 3. The minimum Gasteiger partial charge on any atom is -0.488 e. The maximum Gasteiger partial charge on any atom is 0.362 e. The molecule has 4 aliphatic rings. The first-order valence-corrected chi connectivity index (χ1v) is 21.4. The molecule has 55 heavy (non-hydrogen) atoms. The van der Waals surface area contributed by atoms with E-state index in [4.69, 9.17) is 30.0 Å². The number of ketones is 1. The Balaban J connectivity index is 1.32. The fraction of sp³-hybridized carbons (Fsp3) is 0.675. The van der Waals surface area contributed by atoms with Crippen LogP contribution in [0.2, 0.25) is 5.02 Å². The third-order valence-corrected chi connectivity index (χ3v) is 12.5. The molecule has 1 aromatic heterocycles. The van der Waals surface area contributed by atoms with Crippen LogP contribution in [-0.2, 0) is 38.4 Å². The van der Waals surface area contributed by atoms with Crippen molar-refractivity contribution >= 4 is 56.4 Å². The Morgan fingerprint density at radius 3 is 2.47 bits per heavy atom. The molecule has 4 fully saturated rings. The molecule has 1 aromatic carbocycles. The molecule has 6 rings (SSSR count). The highest BCUT2D eigenvalue weighted by Crippen LogP contribution is 2.59. The number of hydrogen-bond acceptors (Lipinski definition) is 11. The quantitative estimate of drug-likeness (QED) is 0.256. The summed E-state index contributed by atoms with van der Waals surface area (Å²) in [4.78, 5) is 62.3. The van der Waals surface area contributed by atoms with Crippen molar-refractivity contribution in [2.75, 3.05) is 13.2 Å². The predicted octanol–water partition coefficient (Wildman–Crippen LogP) is 6.62. The number of hydrogen-bond donors (Lipinski definition) is 1. The first kappa shape index (κ1) is 41.2. The minimum atomic E-state index is -4.41. The average Bonchev–Trinajstić information content (AvgIpc) is 3.94. The highest BCUT2D eigenvalue weighted by atomic mass is 35.5. The van der Waals surface area contributed by atoms with Gasteiger partial charge in [-0.15, -0.1) is 0 Å². The van der Waals surface area contributed by atoms with Crippen molar-refractivity contribution in [1.82, 2.24) is 14.6 Å². The summed E-state index contributed by atoms with van der Waals surface area (Å²) in [5.74, 6) is -2.20. The minimum absolute atomic E-state index is 0.0395. The zero-order valence-corrected chi connectivity index (χ0v) is 34.1. The normalized spacial score (nSPS) is 27.3. The summed E-state index contributed by atoms with van der Waals surface area (Å²) in [6, 6.07) is 5.98. The van der Waals surface area contributed by atoms with Gasteiger partial charge >= 0.3 is 16.3 Å². The van der Waals surface area contributed by atoms with E-state index >= 15 is 0 Å². The molecule has 0 bridgehead atoms. The molecule has 1 N–H and O–H groups in total. The van der Waals surface area contributed by atoms with E-state index in [2.05, 4.69) is 9.71 Å². The van der Waals surface area contributed by atoms with Crippen LogP contribution < -0.4 is 14.2 Å². The zero-order chi connectivity index (χ0) is 39.8. The highest BCUT2D eigenvalue weighted by molar-refractivity contribution is 7.85. The second-order valence-corrected chi connectivity index (χ2v) is 18.6. The van der Waals surface area contributed by atoms with Crippen molar-refractivity contribution in [3.05, 3.63) is 29.3 Å². The molecule has 2 saturated carbocycles. The Morgan fingerprint density at radius 2 is 1.78 bits per heavy atom. The molecule has 0 unspecified atom stereocenters. The second-order valence-electron chi connectivity index (χ2n) is 17.0. The highest BCUT2D eigenvalue weighted by Gasteiger charge is 2.62. The summed E-state index contributed by atoms with van der Waals surface area (Å²) in [7, 11) is -4.41. The van der Waals surface area contributed by atoms with Crippen LogP contribution in [0.3, 0.4) is 0 Å². The number of carbonyl (C=O) groups excluding carboxylic acids is 4. The van der Waals surface area contributed by atoms with Gasteiger partial charge in [-0.25, -0.2) is 13.9 Å². The Labute approximate surface area is 328 Å². The number of halogens is 1. The van der Waals surface area contributed by atoms with Gasteiger partial charge in [-0.3, -0.25) is 19.2 Å². The average molecular weight is 804 g/mol. The number of pyridine rings is 1. The van der Waals surface area contributed by atoms with Gasteiger partial charge in [0.2, 0.25) is 17.7 Å². The molecule has 2 aromatic rings. The summed E-state index contributed by atoms with van der Waals surface area (Å²) in [5, 5.41) is 1.03. The van der Waals surface area contributed by atoms with E-state index in [0.717, 1.165) is 25.7 Å². The van der Waals surface area contributed by atoms with Gasteiger partial charge in [-0.1, -0.05) is 49.8 Å². The van der Waals surface area contributed by atoms with Crippen molar-refractivity contribution in [1.29, 1.82) is 0 Å². The molecular weight excluding hydrogens is 750 g/mol. The van der Waals surface area contributed by atoms with Gasteiger partial charge in [-0.2, -0.15) is 8.42 Å². The first-order valence-electron chi connectivity index (χ1n) is 19.6. The SMILES string of the molecule is CCOc1cc(O[C@@H]2C[C@H]3C(=O)C[C@]4(C(=O)NS(=O)(=O)OC5(C)CC5)C[C@H]4CCCCCCC[C@H](CC(=O)OC(C)(C)C)C(=O)N3C2)c2cccc(Cl)c2n1. The summed E-state index contributed by atoms with van der Waals surface area (Å²) < 4.78 is 51.2. The Bertz CT molecular complexity index is 1910. The lowest BCUT2D eigenvalue weighted by Crippen LogP contribution is -2.46. The molecule has 2 saturated heterocycles. The Kier molecular flexibility index (Phi) is 12.1. The van der Waals surface area contributed by atoms with Crippen LogP contribution in [0.15, 0.2) is 24.3 Å². The van der Waals surface area contributed by atoms with Gasteiger partial charge in [0, 0.05) is 30.2 Å². The number of esters is 1. The number of para-hydroxylation sites is 1. The Morgan fingerprint density at radius 1 is 1.07 bits per heavy atom. The van der Waals surface area contributed by atoms with Gasteiger partial charge < -0.3 is 19.1 Å². The van der Waals surface area contributed by atoms with Crippen molar-refractivity contribution in [3.8, 4) is 11.6 Å². The van der Waals surface area contributed by atoms with Crippen LogP contribution in [0, 0.1) is 17.3 Å². The van der Waals surface area contributed by atoms with E-state index in [1.165, 1.54) is 4.90 Å². The van der Waals surface area contributed by atoms with Crippen molar-refractivity contribution in [2.45, 2.75) is 141 Å². The third-order valence-electron chi connectivity index (χ3n) is 11.2. The number of nitrogens with zero attached hydrogens (tertiary/aromatic N) is 2. The molecule has 2 aliphatic carbocycles. The molecule has 13 nitrogen and oxygen atoms in total. The van der Waals surface area contributed by atoms with Crippen LogP contribution in [0.4, 0.5) is 0 Å². The van der Waals surface area contributed by atoms with Gasteiger partial charge in [0.05, 0.1) is 47.2 Å². The van der Waals surface area contributed by atoms with E-state index in [1.54, 1.807) is 45.9 Å². The largest absolute Gasteiger partial charge is 0.488 e. The molecule has 15 heteroatoms. The number of rotatable bonds is 10. The summed E-state index contributed by atoms with van der Waals surface area (Å²) in [5.41, 5.74) is -2.36. The predicted molar refractivity (Wildman–Crippen MR) is 205 cm³/mol. The van der Waals surface area contributed by atoms with Crippen molar-refractivity contribution in [2.24, 2.45) is 17.3 Å². The van der Waals surface area contributed by atoms with Crippen LogP contribution >= 0.6 is 11.6 Å². The lowest BCUT2D eigenvalue weighted by Gasteiger charge is -2.29. The van der Waals surface area contributed by atoms with Crippen molar-refractivity contribution < 1.29 is 46.0 Å². The number of benzene rings is 1. The number of ether oxygens (including phenoxy) is 3. The van der Waals surface area contributed by atoms with Crippen LogP contribution in [0.1, 0.15) is 118 Å². The molecular formula is C40H54ClN3O10S. The summed E-state index contributed by atoms with van der Waals surface area (Å²) in [6.45, 7) is 9.21. The van der Waals surface area contributed by atoms with Crippen LogP contribution in [0.5, 0.6) is 11.6 Å². The fourth-order valence-electron chi connectivity index (χ4n) is 8.06. The number of Topliss-reactive ketones (excluding diaryl/α,β-unsaturated/α-hetero) is 1. The number of carbonyl (C=O) groups is 4. The Hall–Kier alpha value is -3.49. The first-order chi connectivity index (χ1) is 25.9. The van der Waals surface area contributed by atoms with E-state index < -0.39 is 56.9 Å². The van der Waals surface area contributed by atoms with E-state index in [1.807, 2.05) is 13.0 Å². The molecule has 5 atom stereocenters. The van der Waals surface area contributed by atoms with Gasteiger partial charge in [-0.05, 0) is 84.8 Å². The number of nitrogens with one attached hydrogen (secondary N) is 1. The number of aromatic nitrogens is 1. The van der Waals surface area contributed by atoms with Gasteiger partial charge in [0.1, 0.15) is 17.5 Å². The molecule has 3 heterocycles. The number of amides is 2. The lowest BCUT2D eigenvalue weighted by molar-refractivity contribution is -0.159. The van der Waals surface area contributed by atoms with Gasteiger partial charge in [0.15, 0.2) is 5.78 Å². The third kappa shape index (κ3) is 10.1. The van der Waals surface area contributed by atoms with E-state index in [9.17, 15) is 27.6 Å². The van der Waals surface area contributed by atoms with Gasteiger partial charge in [0.25, 0.3) is 0 Å². The topological polar surface area (TPSA) is 168 Å². The monoisotopic (exact) mass is 803 g/mol. The molecule has 0 spiro atoms. The zero-order valence-electron chi connectivity index (χ0n) is 32.5. The fourth-order valence-corrected chi connectivity index (χ4v) is 9.44. The maximum absolute atomic E-state index is 14.6. The smallest absolute Gasteiger partial charge is 0.362 e. The lowest BCUT2D eigenvalue weighted by atomic mass is 9.90. The standard InChI is InChI=1S/C40H54ClN3O10S/c1-6-51-33-21-32(28-15-12-16-29(41)35(28)42-33)52-27-20-30-31(45)23-40(37(48)43-55(49,50)54-39(5)17-18-39)22-26(40)14-11-9-7-8-10-13-25(36(47)44(30)24-27)19-34(46)53-38(2,3)4/h12,15-16,21,25-27,30H,6-11,13-14,17-20,22-24H2,1-5H3,(H,43,48)/t25-,26-,27-,30+,40-/m1/s1. The van der Waals surface area contributed by atoms with Crippen molar-refractivity contribution in [3.63, 3.8) is 0 Å². The van der Waals surface area contributed by atoms with Crippen LogP contribution in [-0.4, -0.2) is 78.4 Å². The van der Waals surface area contributed by atoms with Crippen LogP contribution in [0.25, 0.3) is 10.9 Å². The molecule has 2 aliphatic heterocycles. The molecule has 0 radical (unpaired) electrons. The van der Waals surface area contributed by atoms with E-state index in [-0.39, 0.29) is 43.4 Å².